The molecule has 6 nitrogen and oxygen atoms in total. The second-order valence-corrected chi connectivity index (χ2v) is 9.52. The van der Waals surface area contributed by atoms with Crippen molar-refractivity contribution < 1.29 is 4.79 Å². The fourth-order valence-electron chi connectivity index (χ4n) is 4.22. The highest BCUT2D eigenvalue weighted by Gasteiger charge is 2.28. The number of rotatable bonds is 5. The SMILES string of the molecule is C[C@@H]1C[C@H](N)CN(c2ccncc2CC(=O)c2ccc3sc(C4CC4)nc3n2)C1. The van der Waals surface area contributed by atoms with E-state index in [4.69, 9.17) is 5.73 Å². The largest absolute Gasteiger partial charge is 0.369 e. The molecule has 4 heterocycles. The molecule has 3 aromatic rings. The number of hydrogen-bond acceptors (Lipinski definition) is 7. The zero-order valence-electron chi connectivity index (χ0n) is 16.5. The maximum atomic E-state index is 13.0. The average Bonchev–Trinajstić information content (AvgIpc) is 3.46. The molecule has 29 heavy (non-hydrogen) atoms. The first-order valence-electron chi connectivity index (χ1n) is 10.3. The van der Waals surface area contributed by atoms with Gasteiger partial charge in [0.05, 0.1) is 9.71 Å². The van der Waals surface area contributed by atoms with Crippen LogP contribution in [0, 0.1) is 5.92 Å². The minimum atomic E-state index is -0.00326. The number of fused-ring (bicyclic) bond motifs is 1. The molecule has 5 rings (SSSR count). The lowest BCUT2D eigenvalue weighted by Crippen LogP contribution is -2.46. The summed E-state index contributed by atoms with van der Waals surface area (Å²) in [6.45, 7) is 3.98. The Morgan fingerprint density at radius 2 is 2.10 bits per heavy atom. The van der Waals surface area contributed by atoms with Crippen molar-refractivity contribution in [1.29, 1.82) is 0 Å². The summed E-state index contributed by atoms with van der Waals surface area (Å²) in [6, 6.07) is 5.96. The minimum Gasteiger partial charge on any atom is -0.369 e. The number of ketones is 1. The zero-order chi connectivity index (χ0) is 20.0. The predicted octanol–water partition coefficient (Wildman–Crippen LogP) is 3.56. The molecule has 0 amide bonds. The van der Waals surface area contributed by atoms with Gasteiger partial charge in [0.25, 0.3) is 0 Å². The molecule has 2 atom stereocenters. The average molecular weight is 408 g/mol. The highest BCUT2D eigenvalue weighted by Crippen LogP contribution is 2.43. The van der Waals surface area contributed by atoms with Gasteiger partial charge in [-0.2, -0.15) is 0 Å². The predicted molar refractivity (Wildman–Crippen MR) is 116 cm³/mol. The number of nitrogens with zero attached hydrogens (tertiary/aromatic N) is 4. The van der Waals surface area contributed by atoms with Crippen molar-refractivity contribution in [2.24, 2.45) is 11.7 Å². The molecular formula is C22H25N5OS. The standard InChI is InChI=1S/C22H25N5OS/c1-13-8-16(23)12-27(11-13)18-6-7-24-10-15(18)9-19(28)17-4-5-20-21(25-17)26-22(29-20)14-2-3-14/h4-7,10,13-14,16H,2-3,8-9,11-12,23H2,1H3/t13-,16+/m1/s1. The van der Waals surface area contributed by atoms with Crippen molar-refractivity contribution in [1.82, 2.24) is 15.0 Å². The van der Waals surface area contributed by atoms with Crippen LogP contribution in [0.1, 0.15) is 53.2 Å². The first-order valence-corrected chi connectivity index (χ1v) is 11.1. The second-order valence-electron chi connectivity index (χ2n) is 8.45. The van der Waals surface area contributed by atoms with Gasteiger partial charge in [-0.25, -0.2) is 9.97 Å². The van der Waals surface area contributed by atoms with Crippen LogP contribution in [0.5, 0.6) is 0 Å². The van der Waals surface area contributed by atoms with Crippen LogP contribution >= 0.6 is 11.3 Å². The summed E-state index contributed by atoms with van der Waals surface area (Å²) in [6.07, 6.45) is 7.33. The fourth-order valence-corrected chi connectivity index (χ4v) is 5.30. The van der Waals surface area contributed by atoms with Crippen LogP contribution < -0.4 is 10.6 Å². The van der Waals surface area contributed by atoms with Crippen LogP contribution in [0.2, 0.25) is 0 Å². The maximum absolute atomic E-state index is 13.0. The third-order valence-corrected chi connectivity index (χ3v) is 6.92. The summed E-state index contributed by atoms with van der Waals surface area (Å²) < 4.78 is 1.06. The quantitative estimate of drug-likeness (QED) is 0.651. The van der Waals surface area contributed by atoms with E-state index in [-0.39, 0.29) is 18.2 Å². The lowest BCUT2D eigenvalue weighted by Gasteiger charge is -2.37. The van der Waals surface area contributed by atoms with Gasteiger partial charge in [-0.3, -0.25) is 9.78 Å². The van der Waals surface area contributed by atoms with Crippen LogP contribution in [0.3, 0.4) is 0 Å². The van der Waals surface area contributed by atoms with E-state index in [2.05, 4.69) is 26.8 Å². The zero-order valence-corrected chi connectivity index (χ0v) is 17.4. The lowest BCUT2D eigenvalue weighted by atomic mass is 9.95. The highest BCUT2D eigenvalue weighted by atomic mass is 32.1. The number of anilines is 1. The number of nitrogens with two attached hydrogens (primary N) is 1. The fraction of sp³-hybridized carbons (Fsp3) is 0.455. The van der Waals surface area contributed by atoms with Gasteiger partial charge >= 0.3 is 0 Å². The number of carbonyl (C=O) groups excluding carboxylic acids is 1. The molecule has 1 saturated carbocycles. The van der Waals surface area contributed by atoms with Crippen molar-refractivity contribution in [3.05, 3.63) is 46.9 Å². The molecule has 0 bridgehead atoms. The van der Waals surface area contributed by atoms with Crippen molar-refractivity contribution in [3.63, 3.8) is 0 Å². The Morgan fingerprint density at radius 1 is 1.24 bits per heavy atom. The number of thiazole rings is 1. The van der Waals surface area contributed by atoms with Crippen LogP contribution in [0.4, 0.5) is 5.69 Å². The molecule has 2 N–H and O–H groups in total. The first kappa shape index (κ1) is 18.6. The Hall–Kier alpha value is -2.38. The van der Waals surface area contributed by atoms with Gasteiger partial charge in [-0.15, -0.1) is 11.3 Å². The van der Waals surface area contributed by atoms with Gasteiger partial charge in [-0.1, -0.05) is 6.92 Å². The van der Waals surface area contributed by atoms with Crippen molar-refractivity contribution in [2.75, 3.05) is 18.0 Å². The molecular weight excluding hydrogens is 382 g/mol. The molecule has 0 spiro atoms. The van der Waals surface area contributed by atoms with Gasteiger partial charge in [0.2, 0.25) is 0 Å². The van der Waals surface area contributed by atoms with Crippen LogP contribution in [0.15, 0.2) is 30.6 Å². The Kier molecular flexibility index (Phi) is 4.80. The van der Waals surface area contributed by atoms with Crippen LogP contribution in [0.25, 0.3) is 10.3 Å². The van der Waals surface area contributed by atoms with E-state index in [0.717, 1.165) is 40.5 Å². The number of aromatic nitrogens is 3. The van der Waals surface area contributed by atoms with Crippen molar-refractivity contribution in [2.45, 2.75) is 44.6 Å². The maximum Gasteiger partial charge on any atom is 0.185 e. The van der Waals surface area contributed by atoms with Gasteiger partial charge in [-0.05, 0) is 43.4 Å². The van der Waals surface area contributed by atoms with Crippen molar-refractivity contribution in [3.8, 4) is 0 Å². The van der Waals surface area contributed by atoms with E-state index >= 15 is 0 Å². The molecule has 0 radical (unpaired) electrons. The third-order valence-electron chi connectivity index (χ3n) is 5.74. The Bertz CT molecular complexity index is 1050. The normalized spacial score (nSPS) is 22.2. The first-order chi connectivity index (χ1) is 14.1. The second kappa shape index (κ2) is 7.46. The number of pyridine rings is 2. The van der Waals surface area contributed by atoms with E-state index in [1.165, 1.54) is 12.8 Å². The van der Waals surface area contributed by atoms with Gasteiger partial charge in [0, 0.05) is 55.1 Å². The van der Waals surface area contributed by atoms with Crippen LogP contribution in [-0.4, -0.2) is 39.9 Å². The number of carbonyl (C=O) groups is 1. The molecule has 150 valence electrons. The molecule has 2 fully saturated rings. The van der Waals surface area contributed by atoms with Crippen LogP contribution in [-0.2, 0) is 6.42 Å². The molecule has 7 heteroatoms. The molecule has 1 saturated heterocycles. The number of Topliss-reactive ketones (excluding diaryl/α,β-unsaturated/α-hetero) is 1. The van der Waals surface area contributed by atoms with Gasteiger partial charge < -0.3 is 10.6 Å². The van der Waals surface area contributed by atoms with Gasteiger partial charge in [0.15, 0.2) is 11.4 Å². The number of hydrogen-bond donors (Lipinski definition) is 1. The summed E-state index contributed by atoms with van der Waals surface area (Å²) in [5, 5.41) is 1.15. The summed E-state index contributed by atoms with van der Waals surface area (Å²) in [4.78, 5) is 28.8. The molecule has 0 unspecified atom stereocenters. The van der Waals surface area contributed by atoms with E-state index in [0.29, 0.717) is 23.2 Å². The monoisotopic (exact) mass is 407 g/mol. The van der Waals surface area contributed by atoms with E-state index in [9.17, 15) is 4.79 Å². The molecule has 0 aromatic carbocycles. The topological polar surface area (TPSA) is 85.0 Å². The van der Waals surface area contributed by atoms with E-state index in [1.807, 2.05) is 18.2 Å². The summed E-state index contributed by atoms with van der Waals surface area (Å²) in [5.41, 5.74) is 9.40. The summed E-state index contributed by atoms with van der Waals surface area (Å²) in [7, 11) is 0. The number of piperidine rings is 1. The van der Waals surface area contributed by atoms with Gasteiger partial charge in [0.1, 0.15) is 5.69 Å². The highest BCUT2D eigenvalue weighted by molar-refractivity contribution is 7.18. The third kappa shape index (κ3) is 3.89. The molecule has 1 aliphatic heterocycles. The minimum absolute atomic E-state index is 0.00326. The summed E-state index contributed by atoms with van der Waals surface area (Å²) in [5.74, 6) is 1.13. The van der Waals surface area contributed by atoms with Crippen molar-refractivity contribution >= 4 is 33.2 Å². The molecule has 1 aliphatic carbocycles. The Morgan fingerprint density at radius 3 is 2.90 bits per heavy atom. The van der Waals surface area contributed by atoms with E-state index < -0.39 is 0 Å². The smallest absolute Gasteiger partial charge is 0.185 e. The molecule has 2 aliphatic rings. The van der Waals surface area contributed by atoms with E-state index in [1.54, 1.807) is 23.7 Å². The Labute approximate surface area is 174 Å². The Balaban J connectivity index is 1.39. The summed E-state index contributed by atoms with van der Waals surface area (Å²) >= 11 is 1.70. The molecule has 3 aromatic heterocycles. The lowest BCUT2D eigenvalue weighted by molar-refractivity contribution is 0.0988.